The fraction of sp³-hybridized carbons (Fsp3) is 0.0833. The first-order valence-corrected chi connectivity index (χ1v) is 5.95. The second-order valence-electron chi connectivity index (χ2n) is 4.20. The third kappa shape index (κ3) is 1.78. The summed E-state index contributed by atoms with van der Waals surface area (Å²) < 4.78 is 29.4. The maximum atomic E-state index is 14.0. The number of aromatic nitrogens is 4. The molecule has 20 heavy (non-hydrogen) atoms. The van der Waals surface area contributed by atoms with Gasteiger partial charge in [0.05, 0.1) is 18.0 Å². The number of hydrogen-bond donors (Lipinski definition) is 0. The highest BCUT2D eigenvalue weighted by atomic mass is 35.5. The van der Waals surface area contributed by atoms with Crippen LogP contribution >= 0.6 is 11.6 Å². The highest BCUT2D eigenvalue weighted by Crippen LogP contribution is 2.23. The first-order chi connectivity index (χ1) is 9.49. The summed E-state index contributed by atoms with van der Waals surface area (Å²) in [7, 11) is 0. The zero-order valence-corrected chi connectivity index (χ0v) is 10.9. The van der Waals surface area contributed by atoms with E-state index in [1.807, 2.05) is 0 Å². The van der Waals surface area contributed by atoms with E-state index >= 15 is 0 Å². The minimum atomic E-state index is -0.871. The van der Waals surface area contributed by atoms with Crippen molar-refractivity contribution in [1.82, 2.24) is 19.4 Å². The number of nitrogens with zero attached hydrogens (tertiary/aromatic N) is 4. The van der Waals surface area contributed by atoms with Crippen molar-refractivity contribution in [3.05, 3.63) is 57.1 Å². The fourth-order valence-electron chi connectivity index (χ4n) is 1.93. The molecule has 0 atom stereocenters. The molecule has 0 N–H and O–H groups in total. The van der Waals surface area contributed by atoms with Crippen molar-refractivity contribution < 1.29 is 8.78 Å². The summed E-state index contributed by atoms with van der Waals surface area (Å²) >= 11 is 5.82. The van der Waals surface area contributed by atoms with Crippen molar-refractivity contribution in [3.8, 4) is 5.69 Å². The molecule has 0 aliphatic rings. The smallest absolute Gasteiger partial charge is 0.261 e. The predicted molar refractivity (Wildman–Crippen MR) is 68.2 cm³/mol. The van der Waals surface area contributed by atoms with E-state index in [0.29, 0.717) is 11.6 Å². The summed E-state index contributed by atoms with van der Waals surface area (Å²) in [5, 5.41) is 7.26. The normalized spacial score (nSPS) is 11.2. The van der Waals surface area contributed by atoms with Crippen LogP contribution in [0, 0.1) is 18.7 Å². The number of rotatable bonds is 1. The Morgan fingerprint density at radius 2 is 2.00 bits per heavy atom. The highest BCUT2D eigenvalue weighted by molar-refractivity contribution is 6.31. The standard InChI is InChI=1S/C12H7ClF2N4O/c1-6-2-9(8(14)3-7(6)13)18-11-5-16-17-19(11)10(15)4-12(18)20/h2-5H,1H3. The van der Waals surface area contributed by atoms with Gasteiger partial charge in [-0.2, -0.15) is 8.91 Å². The Kier molecular flexibility index (Phi) is 2.79. The van der Waals surface area contributed by atoms with Gasteiger partial charge in [0.1, 0.15) is 5.82 Å². The largest absolute Gasteiger partial charge is 0.269 e. The Bertz CT molecular complexity index is 887. The number of benzene rings is 1. The third-order valence-corrected chi connectivity index (χ3v) is 3.30. The van der Waals surface area contributed by atoms with Crippen molar-refractivity contribution >= 4 is 17.2 Å². The molecule has 0 aliphatic carbocycles. The van der Waals surface area contributed by atoms with Crippen LogP contribution in [-0.2, 0) is 0 Å². The topological polar surface area (TPSA) is 52.2 Å². The number of hydrogen-bond acceptors (Lipinski definition) is 3. The Morgan fingerprint density at radius 3 is 2.75 bits per heavy atom. The zero-order valence-electron chi connectivity index (χ0n) is 10.1. The van der Waals surface area contributed by atoms with Gasteiger partial charge < -0.3 is 0 Å². The highest BCUT2D eigenvalue weighted by Gasteiger charge is 2.15. The molecular weight excluding hydrogens is 290 g/mol. The monoisotopic (exact) mass is 296 g/mol. The summed E-state index contributed by atoms with van der Waals surface area (Å²) in [6.07, 6.45) is 1.17. The van der Waals surface area contributed by atoms with Gasteiger partial charge in [0.15, 0.2) is 5.65 Å². The molecule has 3 rings (SSSR count). The lowest BCUT2D eigenvalue weighted by atomic mass is 10.2. The average Bonchev–Trinajstić information content (AvgIpc) is 2.84. The second kappa shape index (κ2) is 4.38. The fourth-order valence-corrected chi connectivity index (χ4v) is 2.08. The van der Waals surface area contributed by atoms with Crippen molar-refractivity contribution in [2.45, 2.75) is 6.92 Å². The molecule has 0 spiro atoms. The first kappa shape index (κ1) is 12.7. The van der Waals surface area contributed by atoms with Crippen LogP contribution in [0.2, 0.25) is 5.02 Å². The van der Waals surface area contributed by atoms with Crippen molar-refractivity contribution in [1.29, 1.82) is 0 Å². The summed E-state index contributed by atoms with van der Waals surface area (Å²) in [5.74, 6) is -1.57. The lowest BCUT2D eigenvalue weighted by Gasteiger charge is -2.10. The van der Waals surface area contributed by atoms with Crippen molar-refractivity contribution in [2.75, 3.05) is 0 Å². The lowest BCUT2D eigenvalue weighted by Crippen LogP contribution is -2.22. The average molecular weight is 297 g/mol. The molecule has 5 nitrogen and oxygen atoms in total. The van der Waals surface area contributed by atoms with E-state index in [2.05, 4.69) is 10.3 Å². The van der Waals surface area contributed by atoms with Crippen LogP contribution in [0.1, 0.15) is 5.56 Å². The summed E-state index contributed by atoms with van der Waals surface area (Å²) in [4.78, 5) is 12.0. The molecule has 0 saturated carbocycles. The van der Waals surface area contributed by atoms with Crippen LogP contribution < -0.4 is 5.56 Å². The molecule has 3 aromatic rings. The van der Waals surface area contributed by atoms with E-state index in [0.717, 1.165) is 15.1 Å². The maximum Gasteiger partial charge on any atom is 0.261 e. The molecule has 0 radical (unpaired) electrons. The summed E-state index contributed by atoms with van der Waals surface area (Å²) in [6, 6.07) is 3.22. The number of halogens is 3. The molecule has 0 saturated heterocycles. The number of fused-ring (bicyclic) bond motifs is 1. The SMILES string of the molecule is Cc1cc(-n2c(=O)cc(F)n3nncc23)c(F)cc1Cl. The van der Waals surface area contributed by atoms with Gasteiger partial charge in [0, 0.05) is 5.02 Å². The van der Waals surface area contributed by atoms with E-state index < -0.39 is 17.3 Å². The molecule has 8 heteroatoms. The van der Waals surface area contributed by atoms with Gasteiger partial charge in [-0.3, -0.25) is 9.36 Å². The van der Waals surface area contributed by atoms with Gasteiger partial charge in [-0.1, -0.05) is 16.8 Å². The van der Waals surface area contributed by atoms with E-state index in [1.165, 1.54) is 12.3 Å². The Balaban J connectivity index is 2.44. The molecule has 0 bridgehead atoms. The molecule has 2 heterocycles. The van der Waals surface area contributed by atoms with Gasteiger partial charge >= 0.3 is 0 Å². The molecule has 2 aromatic heterocycles. The second-order valence-corrected chi connectivity index (χ2v) is 4.60. The summed E-state index contributed by atoms with van der Waals surface area (Å²) in [5.41, 5.74) is -0.150. The Morgan fingerprint density at radius 1 is 1.25 bits per heavy atom. The van der Waals surface area contributed by atoms with Crippen LogP contribution in [0.5, 0.6) is 0 Å². The summed E-state index contributed by atoms with van der Waals surface area (Å²) in [6.45, 7) is 1.67. The van der Waals surface area contributed by atoms with E-state index in [1.54, 1.807) is 6.92 Å². The molecule has 0 fully saturated rings. The van der Waals surface area contributed by atoms with Gasteiger partial charge in [-0.15, -0.1) is 5.10 Å². The van der Waals surface area contributed by atoms with Crippen LogP contribution in [0.15, 0.2) is 29.2 Å². The van der Waals surface area contributed by atoms with Gasteiger partial charge in [-0.05, 0) is 24.6 Å². The molecule has 102 valence electrons. The quantitative estimate of drug-likeness (QED) is 0.646. The van der Waals surface area contributed by atoms with Gasteiger partial charge in [-0.25, -0.2) is 4.39 Å². The van der Waals surface area contributed by atoms with Crippen LogP contribution in [0.4, 0.5) is 8.78 Å². The van der Waals surface area contributed by atoms with Crippen LogP contribution in [0.25, 0.3) is 11.3 Å². The molecular formula is C12H7ClF2N4O. The Labute approximate surface area is 116 Å². The Hall–Kier alpha value is -2.28. The van der Waals surface area contributed by atoms with E-state index in [4.69, 9.17) is 11.6 Å². The molecule has 0 amide bonds. The third-order valence-electron chi connectivity index (χ3n) is 2.89. The minimum Gasteiger partial charge on any atom is -0.269 e. The lowest BCUT2D eigenvalue weighted by molar-refractivity contribution is 0.526. The molecule has 0 unspecified atom stereocenters. The van der Waals surface area contributed by atoms with Crippen LogP contribution in [-0.4, -0.2) is 19.4 Å². The minimum absolute atomic E-state index is 0.0237. The van der Waals surface area contributed by atoms with Crippen molar-refractivity contribution in [3.63, 3.8) is 0 Å². The molecule has 1 aromatic carbocycles. The maximum absolute atomic E-state index is 14.0. The van der Waals surface area contributed by atoms with E-state index in [-0.39, 0.29) is 16.4 Å². The van der Waals surface area contributed by atoms with Gasteiger partial charge in [0.25, 0.3) is 5.56 Å². The predicted octanol–water partition coefficient (Wildman–Crippen LogP) is 2.12. The van der Waals surface area contributed by atoms with Gasteiger partial charge in [0.2, 0.25) is 5.95 Å². The van der Waals surface area contributed by atoms with Crippen LogP contribution in [0.3, 0.4) is 0 Å². The molecule has 0 aliphatic heterocycles. The number of aryl methyl sites for hydroxylation is 1. The van der Waals surface area contributed by atoms with Crippen molar-refractivity contribution in [2.24, 2.45) is 0 Å². The zero-order chi connectivity index (χ0) is 14.4. The van der Waals surface area contributed by atoms with E-state index in [9.17, 15) is 13.6 Å². The first-order valence-electron chi connectivity index (χ1n) is 5.57.